The fourth-order valence-electron chi connectivity index (χ4n) is 2.73. The molecule has 3 rings (SSSR count). The van der Waals surface area contributed by atoms with Crippen LogP contribution in [-0.4, -0.2) is 34.2 Å². The molecule has 7 heteroatoms. The Morgan fingerprint density at radius 1 is 1.21 bits per heavy atom. The number of aryl methyl sites for hydroxylation is 1. The Balaban J connectivity index is 1.88. The molecule has 0 radical (unpaired) electrons. The minimum Gasteiger partial charge on any atom is -0.393 e. The van der Waals surface area contributed by atoms with E-state index in [1.54, 1.807) is 6.07 Å². The van der Waals surface area contributed by atoms with Crippen LogP contribution in [-0.2, 0) is 0 Å². The van der Waals surface area contributed by atoms with Crippen molar-refractivity contribution >= 4 is 23.0 Å². The maximum Gasteiger partial charge on any atom is 0.311 e. The van der Waals surface area contributed by atoms with Crippen molar-refractivity contribution in [3.63, 3.8) is 0 Å². The van der Waals surface area contributed by atoms with E-state index in [0.717, 1.165) is 11.3 Å². The summed E-state index contributed by atoms with van der Waals surface area (Å²) < 4.78 is 0. The van der Waals surface area contributed by atoms with Gasteiger partial charge in [-0.2, -0.15) is 0 Å². The van der Waals surface area contributed by atoms with Gasteiger partial charge in [-0.25, -0.2) is 4.98 Å². The van der Waals surface area contributed by atoms with Gasteiger partial charge in [-0.1, -0.05) is 17.7 Å². The number of rotatable bonds is 4. The summed E-state index contributed by atoms with van der Waals surface area (Å²) in [5.41, 5.74) is 1.81. The second-order valence-corrected chi connectivity index (χ2v) is 6.00. The highest BCUT2D eigenvalue weighted by Gasteiger charge is 2.22. The van der Waals surface area contributed by atoms with Gasteiger partial charge in [0.1, 0.15) is 5.82 Å². The van der Waals surface area contributed by atoms with Crippen LogP contribution in [0, 0.1) is 17.0 Å². The lowest BCUT2D eigenvalue weighted by Crippen LogP contribution is -2.36. The second-order valence-electron chi connectivity index (χ2n) is 6.00. The number of hydrogen-bond acceptors (Lipinski definition) is 6. The van der Waals surface area contributed by atoms with Crippen molar-refractivity contribution in [1.29, 1.82) is 0 Å². The van der Waals surface area contributed by atoms with E-state index in [4.69, 9.17) is 0 Å². The largest absolute Gasteiger partial charge is 0.393 e. The summed E-state index contributed by atoms with van der Waals surface area (Å²) in [6.07, 6.45) is 1.09. The quantitative estimate of drug-likeness (QED) is 0.662. The normalized spacial score (nSPS) is 15.3. The van der Waals surface area contributed by atoms with E-state index in [9.17, 15) is 15.2 Å². The molecule has 0 spiro atoms. The molecular formula is C17H20N4O3. The van der Waals surface area contributed by atoms with Crippen LogP contribution in [0.2, 0.25) is 0 Å². The smallest absolute Gasteiger partial charge is 0.311 e. The maximum atomic E-state index is 11.3. The standard InChI is InChI=1S/C17H20N4O3/c1-12-2-4-13(5-3-12)18-17-15(21(23)24)6-7-16(19-17)20-10-8-14(22)9-11-20/h2-7,14,22H,8-11H2,1H3,(H,18,19). The van der Waals surface area contributed by atoms with E-state index in [1.807, 2.05) is 36.1 Å². The van der Waals surface area contributed by atoms with Gasteiger partial charge in [-0.05, 0) is 38.0 Å². The highest BCUT2D eigenvalue weighted by molar-refractivity contribution is 5.68. The van der Waals surface area contributed by atoms with E-state index in [2.05, 4.69) is 10.3 Å². The number of aliphatic hydroxyl groups is 1. The van der Waals surface area contributed by atoms with Crippen LogP contribution in [0.4, 0.5) is 23.0 Å². The molecule has 2 aromatic rings. The SMILES string of the molecule is Cc1ccc(Nc2nc(N3CCC(O)CC3)ccc2[N+](=O)[O-])cc1. The van der Waals surface area contributed by atoms with Crippen molar-refractivity contribution < 1.29 is 10.0 Å². The summed E-state index contributed by atoms with van der Waals surface area (Å²) in [5, 5.41) is 23.9. The molecule has 0 bridgehead atoms. The predicted octanol–water partition coefficient (Wildman–Crippen LogP) is 3.00. The molecule has 0 aliphatic carbocycles. The van der Waals surface area contributed by atoms with Gasteiger partial charge in [0.05, 0.1) is 11.0 Å². The van der Waals surface area contributed by atoms with Gasteiger partial charge in [-0.15, -0.1) is 0 Å². The van der Waals surface area contributed by atoms with E-state index in [0.29, 0.717) is 31.7 Å². The molecular weight excluding hydrogens is 308 g/mol. The van der Waals surface area contributed by atoms with Crippen molar-refractivity contribution in [2.24, 2.45) is 0 Å². The summed E-state index contributed by atoms with van der Waals surface area (Å²) in [4.78, 5) is 17.3. The summed E-state index contributed by atoms with van der Waals surface area (Å²) >= 11 is 0. The molecule has 0 saturated carbocycles. The number of pyridine rings is 1. The number of nitro groups is 1. The molecule has 1 saturated heterocycles. The van der Waals surface area contributed by atoms with Gasteiger partial charge in [0.2, 0.25) is 5.82 Å². The molecule has 1 aliphatic rings. The van der Waals surface area contributed by atoms with Crippen molar-refractivity contribution in [2.75, 3.05) is 23.3 Å². The van der Waals surface area contributed by atoms with Crippen molar-refractivity contribution in [3.05, 3.63) is 52.1 Å². The molecule has 1 aromatic heterocycles. The third-order valence-electron chi connectivity index (χ3n) is 4.16. The Morgan fingerprint density at radius 3 is 2.50 bits per heavy atom. The van der Waals surface area contributed by atoms with Crippen molar-refractivity contribution in [2.45, 2.75) is 25.9 Å². The molecule has 0 amide bonds. The Morgan fingerprint density at radius 2 is 1.88 bits per heavy atom. The van der Waals surface area contributed by atoms with E-state index in [-0.39, 0.29) is 17.6 Å². The number of nitrogens with zero attached hydrogens (tertiary/aromatic N) is 3. The Kier molecular flexibility index (Phi) is 4.61. The summed E-state index contributed by atoms with van der Waals surface area (Å²) in [7, 11) is 0. The first-order valence-electron chi connectivity index (χ1n) is 7.95. The molecule has 24 heavy (non-hydrogen) atoms. The Bertz CT molecular complexity index is 725. The van der Waals surface area contributed by atoms with Crippen LogP contribution in [0.1, 0.15) is 18.4 Å². The number of nitrogens with one attached hydrogen (secondary N) is 1. The van der Waals surface area contributed by atoms with E-state index in [1.165, 1.54) is 6.07 Å². The van der Waals surface area contributed by atoms with Crippen LogP contribution < -0.4 is 10.2 Å². The van der Waals surface area contributed by atoms with Gasteiger partial charge < -0.3 is 15.3 Å². The summed E-state index contributed by atoms with van der Waals surface area (Å²) in [6, 6.07) is 10.7. The molecule has 0 unspecified atom stereocenters. The van der Waals surface area contributed by atoms with Crippen molar-refractivity contribution in [3.8, 4) is 0 Å². The van der Waals surface area contributed by atoms with Gasteiger partial charge in [0.15, 0.2) is 0 Å². The number of piperidine rings is 1. The zero-order valence-corrected chi connectivity index (χ0v) is 13.5. The molecule has 0 atom stereocenters. The average molecular weight is 328 g/mol. The van der Waals surface area contributed by atoms with Crippen LogP contribution >= 0.6 is 0 Å². The molecule has 126 valence electrons. The molecule has 1 aliphatic heterocycles. The third kappa shape index (κ3) is 3.62. The topological polar surface area (TPSA) is 91.5 Å². The van der Waals surface area contributed by atoms with Gasteiger partial charge in [0.25, 0.3) is 0 Å². The number of hydrogen-bond donors (Lipinski definition) is 2. The van der Waals surface area contributed by atoms with E-state index < -0.39 is 4.92 Å². The van der Waals surface area contributed by atoms with Crippen LogP contribution in [0.25, 0.3) is 0 Å². The van der Waals surface area contributed by atoms with E-state index >= 15 is 0 Å². The van der Waals surface area contributed by atoms with Gasteiger partial charge in [-0.3, -0.25) is 10.1 Å². The second kappa shape index (κ2) is 6.84. The highest BCUT2D eigenvalue weighted by atomic mass is 16.6. The zero-order valence-electron chi connectivity index (χ0n) is 13.5. The number of benzene rings is 1. The number of aromatic nitrogens is 1. The van der Waals surface area contributed by atoms with Crippen LogP contribution in [0.5, 0.6) is 0 Å². The van der Waals surface area contributed by atoms with Gasteiger partial charge >= 0.3 is 5.69 Å². The summed E-state index contributed by atoms with van der Waals surface area (Å²) in [5.74, 6) is 0.912. The monoisotopic (exact) mass is 328 g/mol. The first-order valence-corrected chi connectivity index (χ1v) is 7.95. The molecule has 7 nitrogen and oxygen atoms in total. The minimum absolute atomic E-state index is 0.0589. The molecule has 2 heterocycles. The first-order chi connectivity index (χ1) is 11.5. The Labute approximate surface area is 140 Å². The average Bonchev–Trinajstić information content (AvgIpc) is 2.57. The molecule has 2 N–H and O–H groups in total. The lowest BCUT2D eigenvalue weighted by Gasteiger charge is -2.30. The van der Waals surface area contributed by atoms with Crippen LogP contribution in [0.3, 0.4) is 0 Å². The Hall–Kier alpha value is -2.67. The fourth-order valence-corrected chi connectivity index (χ4v) is 2.73. The summed E-state index contributed by atoms with van der Waals surface area (Å²) in [6.45, 7) is 3.36. The third-order valence-corrected chi connectivity index (χ3v) is 4.16. The molecule has 1 aromatic carbocycles. The predicted molar refractivity (Wildman–Crippen MR) is 92.8 cm³/mol. The maximum absolute atomic E-state index is 11.3. The zero-order chi connectivity index (χ0) is 17.1. The minimum atomic E-state index is -0.437. The number of aliphatic hydroxyl groups excluding tert-OH is 1. The lowest BCUT2D eigenvalue weighted by atomic mass is 10.1. The van der Waals surface area contributed by atoms with Crippen LogP contribution in [0.15, 0.2) is 36.4 Å². The first kappa shape index (κ1) is 16.2. The van der Waals surface area contributed by atoms with Gasteiger partial charge in [0, 0.05) is 24.8 Å². The lowest BCUT2D eigenvalue weighted by molar-refractivity contribution is -0.384. The molecule has 1 fully saturated rings. The highest BCUT2D eigenvalue weighted by Crippen LogP contribution is 2.29. The number of anilines is 3. The van der Waals surface area contributed by atoms with Crippen molar-refractivity contribution in [1.82, 2.24) is 4.98 Å². The fraction of sp³-hybridized carbons (Fsp3) is 0.353.